The van der Waals surface area contributed by atoms with E-state index in [0.29, 0.717) is 11.5 Å². The van der Waals surface area contributed by atoms with Crippen LogP contribution in [0.1, 0.15) is 75.8 Å². The largest absolute Gasteiger partial charge is 0.508 e. The fourth-order valence-electron chi connectivity index (χ4n) is 5.98. The van der Waals surface area contributed by atoms with Crippen LogP contribution in [0.3, 0.4) is 0 Å². The van der Waals surface area contributed by atoms with E-state index in [9.17, 15) is 10.2 Å². The molecule has 2 aromatic rings. The molecule has 28 heavy (non-hydrogen) atoms. The second kappa shape index (κ2) is 8.19. The van der Waals surface area contributed by atoms with Crippen LogP contribution < -0.4 is 0 Å². The molecule has 0 saturated heterocycles. The van der Waals surface area contributed by atoms with Gasteiger partial charge in [0.15, 0.2) is 0 Å². The van der Waals surface area contributed by atoms with Crippen molar-refractivity contribution in [1.82, 2.24) is 0 Å². The van der Waals surface area contributed by atoms with Crippen LogP contribution in [0.2, 0.25) is 0 Å². The second-order valence-electron chi connectivity index (χ2n) is 9.20. The molecule has 2 nitrogen and oxygen atoms in total. The smallest absolute Gasteiger partial charge is 0.115 e. The van der Waals surface area contributed by atoms with Gasteiger partial charge in [0.25, 0.3) is 0 Å². The number of hydrogen-bond donors (Lipinski definition) is 2. The summed E-state index contributed by atoms with van der Waals surface area (Å²) in [6, 6.07) is 15.6. The maximum Gasteiger partial charge on any atom is 0.115 e. The third kappa shape index (κ3) is 3.79. The molecule has 0 aromatic heterocycles. The molecule has 0 amide bonds. The van der Waals surface area contributed by atoms with E-state index in [0.717, 1.165) is 30.6 Å². The van der Waals surface area contributed by atoms with Crippen molar-refractivity contribution in [1.29, 1.82) is 0 Å². The summed E-state index contributed by atoms with van der Waals surface area (Å²) in [4.78, 5) is 0. The summed E-state index contributed by atoms with van der Waals surface area (Å²) in [5.41, 5.74) is 2.59. The van der Waals surface area contributed by atoms with Gasteiger partial charge in [0.1, 0.15) is 11.5 Å². The Bertz CT molecular complexity index is 699. The van der Waals surface area contributed by atoms with Gasteiger partial charge in [-0.3, -0.25) is 0 Å². The molecule has 2 N–H and O–H groups in total. The average molecular weight is 379 g/mol. The Morgan fingerprint density at radius 1 is 0.679 bits per heavy atom. The Morgan fingerprint density at radius 2 is 1.11 bits per heavy atom. The van der Waals surface area contributed by atoms with Gasteiger partial charge in [-0.15, -0.1) is 0 Å². The topological polar surface area (TPSA) is 40.5 Å². The van der Waals surface area contributed by atoms with Crippen molar-refractivity contribution in [2.75, 3.05) is 0 Å². The quantitative estimate of drug-likeness (QED) is 0.615. The summed E-state index contributed by atoms with van der Waals surface area (Å²) < 4.78 is 0. The minimum absolute atomic E-state index is 0.00147. The van der Waals surface area contributed by atoms with Crippen molar-refractivity contribution in [3.63, 3.8) is 0 Å². The molecule has 0 heterocycles. The monoisotopic (exact) mass is 378 g/mol. The van der Waals surface area contributed by atoms with Crippen LogP contribution in [0.5, 0.6) is 11.5 Å². The van der Waals surface area contributed by atoms with E-state index < -0.39 is 0 Å². The average Bonchev–Trinajstić information content (AvgIpc) is 2.75. The Labute approximate surface area is 169 Å². The van der Waals surface area contributed by atoms with Gasteiger partial charge in [-0.2, -0.15) is 0 Å². The zero-order valence-corrected chi connectivity index (χ0v) is 17.1. The normalized spacial score (nSPS) is 25.5. The summed E-state index contributed by atoms with van der Waals surface area (Å²) in [5, 5.41) is 19.5. The van der Waals surface area contributed by atoms with E-state index in [-0.39, 0.29) is 5.41 Å². The van der Waals surface area contributed by atoms with Crippen molar-refractivity contribution < 1.29 is 10.2 Å². The highest BCUT2D eigenvalue weighted by Gasteiger charge is 2.40. The van der Waals surface area contributed by atoms with Crippen molar-refractivity contribution in [2.45, 2.75) is 70.1 Å². The van der Waals surface area contributed by atoms with Gasteiger partial charge in [0.2, 0.25) is 0 Å². The van der Waals surface area contributed by atoms with Crippen molar-refractivity contribution in [2.24, 2.45) is 17.8 Å². The van der Waals surface area contributed by atoms with Crippen LogP contribution >= 0.6 is 0 Å². The number of hydrogen-bond acceptors (Lipinski definition) is 2. The van der Waals surface area contributed by atoms with Gasteiger partial charge in [-0.05, 0) is 91.7 Å². The molecule has 2 aliphatic rings. The van der Waals surface area contributed by atoms with Crippen LogP contribution in [0.15, 0.2) is 48.5 Å². The number of aromatic hydroxyl groups is 2. The molecule has 2 saturated carbocycles. The first kappa shape index (κ1) is 19.4. The van der Waals surface area contributed by atoms with Crippen LogP contribution in [0, 0.1) is 17.8 Å². The Morgan fingerprint density at radius 3 is 1.54 bits per heavy atom. The molecule has 0 atom stereocenters. The van der Waals surface area contributed by atoms with E-state index in [2.05, 4.69) is 31.2 Å². The lowest BCUT2D eigenvalue weighted by Gasteiger charge is -2.44. The van der Waals surface area contributed by atoms with E-state index in [1.807, 2.05) is 24.3 Å². The van der Waals surface area contributed by atoms with Crippen LogP contribution in [-0.4, -0.2) is 10.2 Å². The lowest BCUT2D eigenvalue weighted by Crippen LogP contribution is -2.35. The van der Waals surface area contributed by atoms with Gasteiger partial charge >= 0.3 is 0 Å². The zero-order valence-electron chi connectivity index (χ0n) is 17.1. The molecule has 150 valence electrons. The minimum atomic E-state index is -0.00147. The highest BCUT2D eigenvalue weighted by Crippen LogP contribution is 2.50. The van der Waals surface area contributed by atoms with Gasteiger partial charge < -0.3 is 10.2 Å². The number of rotatable bonds is 4. The predicted molar refractivity (Wildman–Crippen MR) is 115 cm³/mol. The highest BCUT2D eigenvalue weighted by molar-refractivity contribution is 5.43. The molecule has 0 radical (unpaired) electrons. The SMILES string of the molecule is CCC1CCC(C2CCC(c3ccc(O)cc3)(c3ccc(O)cc3)CC2)CC1. The molecule has 2 aliphatic carbocycles. The van der Waals surface area contributed by atoms with Gasteiger partial charge in [-0.25, -0.2) is 0 Å². The number of phenols is 2. The fourth-order valence-corrected chi connectivity index (χ4v) is 5.98. The van der Waals surface area contributed by atoms with E-state index in [4.69, 9.17) is 0 Å². The zero-order chi connectivity index (χ0) is 19.6. The molecule has 4 rings (SSSR count). The van der Waals surface area contributed by atoms with Crippen LogP contribution in [0.4, 0.5) is 0 Å². The highest BCUT2D eigenvalue weighted by atomic mass is 16.3. The summed E-state index contributed by atoms with van der Waals surface area (Å²) in [6.07, 6.45) is 11.9. The molecule has 2 aromatic carbocycles. The van der Waals surface area contributed by atoms with Crippen LogP contribution in [-0.2, 0) is 5.41 Å². The lowest BCUT2D eigenvalue weighted by atomic mass is 9.60. The van der Waals surface area contributed by atoms with Crippen molar-refractivity contribution in [3.8, 4) is 11.5 Å². The van der Waals surface area contributed by atoms with Gasteiger partial charge in [0, 0.05) is 5.41 Å². The first-order chi connectivity index (χ1) is 13.6. The molecular formula is C26H34O2. The third-order valence-corrected chi connectivity index (χ3v) is 7.86. The second-order valence-corrected chi connectivity index (χ2v) is 9.20. The molecular weight excluding hydrogens is 344 g/mol. The Hall–Kier alpha value is -1.96. The molecule has 0 aliphatic heterocycles. The van der Waals surface area contributed by atoms with Gasteiger partial charge in [0.05, 0.1) is 0 Å². The lowest BCUT2D eigenvalue weighted by molar-refractivity contribution is 0.142. The van der Waals surface area contributed by atoms with Crippen molar-refractivity contribution >= 4 is 0 Å². The number of phenolic OH excluding ortho intramolecular Hbond substituents is 2. The number of benzene rings is 2. The van der Waals surface area contributed by atoms with E-state index in [1.54, 1.807) is 0 Å². The minimum Gasteiger partial charge on any atom is -0.508 e. The van der Waals surface area contributed by atoms with E-state index in [1.165, 1.54) is 56.1 Å². The van der Waals surface area contributed by atoms with E-state index >= 15 is 0 Å². The standard InChI is InChI=1S/C26H34O2/c1-2-19-3-5-20(6-4-19)21-15-17-26(18-16-21,22-7-11-24(27)12-8-22)23-9-13-25(28)14-10-23/h7-14,19-21,27-28H,2-6,15-18H2,1H3. The van der Waals surface area contributed by atoms with Gasteiger partial charge in [-0.1, -0.05) is 50.5 Å². The maximum absolute atomic E-state index is 9.77. The summed E-state index contributed by atoms with van der Waals surface area (Å²) in [6.45, 7) is 2.34. The summed E-state index contributed by atoms with van der Waals surface area (Å²) in [7, 11) is 0. The molecule has 0 unspecified atom stereocenters. The maximum atomic E-state index is 9.77. The fraction of sp³-hybridized carbons (Fsp3) is 0.538. The summed E-state index contributed by atoms with van der Waals surface area (Å²) >= 11 is 0. The predicted octanol–water partition coefficient (Wildman–Crippen LogP) is 6.79. The molecule has 0 bridgehead atoms. The summed E-state index contributed by atoms with van der Waals surface area (Å²) in [5.74, 6) is 3.39. The molecule has 2 fully saturated rings. The van der Waals surface area contributed by atoms with Crippen LogP contribution in [0.25, 0.3) is 0 Å². The third-order valence-electron chi connectivity index (χ3n) is 7.86. The van der Waals surface area contributed by atoms with Crippen molar-refractivity contribution in [3.05, 3.63) is 59.7 Å². The molecule has 2 heteroatoms. The Kier molecular flexibility index (Phi) is 5.66. The first-order valence-electron chi connectivity index (χ1n) is 11.2. The molecule has 0 spiro atoms. The Balaban J connectivity index is 1.55. The first-order valence-corrected chi connectivity index (χ1v) is 11.2.